The Morgan fingerprint density at radius 2 is 2.14 bits per heavy atom. The summed E-state index contributed by atoms with van der Waals surface area (Å²) < 4.78 is 0. The molecule has 1 fully saturated rings. The lowest BCUT2D eigenvalue weighted by Gasteiger charge is -2.09. The lowest BCUT2D eigenvalue weighted by molar-refractivity contribution is 0.0267. The summed E-state index contributed by atoms with van der Waals surface area (Å²) in [6.45, 7) is 0.537. The van der Waals surface area contributed by atoms with Crippen LogP contribution in [0.4, 0.5) is 0 Å². The quantitative estimate of drug-likeness (QED) is 0.891. The van der Waals surface area contributed by atoms with Crippen LogP contribution < -0.4 is 10.8 Å². The number of rotatable bonds is 5. The first-order valence-electron chi connectivity index (χ1n) is 7.08. The highest BCUT2D eigenvalue weighted by molar-refractivity contribution is 7.12. The Morgan fingerprint density at radius 1 is 1.29 bits per heavy atom. The summed E-state index contributed by atoms with van der Waals surface area (Å²) in [6, 6.07) is 14.4. The van der Waals surface area contributed by atoms with Gasteiger partial charge in [-0.3, -0.25) is 9.63 Å². The van der Waals surface area contributed by atoms with Crippen LogP contribution in [0.15, 0.2) is 47.8 Å². The monoisotopic (exact) mass is 302 g/mol. The van der Waals surface area contributed by atoms with Crippen molar-refractivity contribution in [2.24, 2.45) is 0 Å². The third kappa shape index (κ3) is 3.91. The average molecular weight is 302 g/mol. The molecule has 1 aliphatic rings. The van der Waals surface area contributed by atoms with Crippen LogP contribution in [-0.4, -0.2) is 24.6 Å². The Morgan fingerprint density at radius 3 is 2.90 bits per heavy atom. The van der Waals surface area contributed by atoms with Gasteiger partial charge in [-0.05, 0) is 29.9 Å². The van der Waals surface area contributed by atoms with Crippen LogP contribution in [0.3, 0.4) is 0 Å². The van der Waals surface area contributed by atoms with Gasteiger partial charge in [0.2, 0.25) is 0 Å². The highest BCUT2D eigenvalue weighted by atomic mass is 32.1. The number of hydrogen-bond acceptors (Lipinski definition) is 4. The molecule has 2 unspecified atom stereocenters. The number of nitrogens with one attached hydrogen (secondary N) is 2. The molecule has 0 saturated carbocycles. The molecule has 2 aromatic rings. The SMILES string of the molecule is O=C(NCC1CC(Cc2ccccc2)NO1)c1cccs1. The highest BCUT2D eigenvalue weighted by Crippen LogP contribution is 2.15. The molecule has 1 amide bonds. The van der Waals surface area contributed by atoms with Crippen molar-refractivity contribution in [1.82, 2.24) is 10.8 Å². The van der Waals surface area contributed by atoms with Crippen LogP contribution in [0.2, 0.25) is 0 Å². The van der Waals surface area contributed by atoms with Gasteiger partial charge >= 0.3 is 0 Å². The minimum Gasteiger partial charge on any atom is -0.349 e. The molecule has 2 heterocycles. The largest absolute Gasteiger partial charge is 0.349 e. The molecule has 2 atom stereocenters. The number of hydroxylamine groups is 1. The Kier molecular flexibility index (Phi) is 4.65. The van der Waals surface area contributed by atoms with Crippen molar-refractivity contribution in [2.75, 3.05) is 6.54 Å². The summed E-state index contributed by atoms with van der Waals surface area (Å²) in [5, 5.41) is 4.82. The second-order valence-corrected chi connectivity index (χ2v) is 6.12. The van der Waals surface area contributed by atoms with Crippen molar-refractivity contribution in [3.8, 4) is 0 Å². The van der Waals surface area contributed by atoms with Gasteiger partial charge in [-0.15, -0.1) is 11.3 Å². The van der Waals surface area contributed by atoms with Crippen LogP contribution in [-0.2, 0) is 11.3 Å². The Labute approximate surface area is 128 Å². The van der Waals surface area contributed by atoms with E-state index in [4.69, 9.17) is 4.84 Å². The molecule has 1 aromatic heterocycles. The average Bonchev–Trinajstić information content (AvgIpc) is 3.17. The van der Waals surface area contributed by atoms with E-state index >= 15 is 0 Å². The number of hydrogen-bond donors (Lipinski definition) is 2. The van der Waals surface area contributed by atoms with Crippen molar-refractivity contribution < 1.29 is 9.63 Å². The van der Waals surface area contributed by atoms with E-state index in [1.165, 1.54) is 16.9 Å². The first-order chi connectivity index (χ1) is 10.3. The fourth-order valence-electron chi connectivity index (χ4n) is 2.46. The van der Waals surface area contributed by atoms with Gasteiger partial charge in [0.05, 0.1) is 11.0 Å². The molecule has 0 radical (unpaired) electrons. The van der Waals surface area contributed by atoms with Crippen LogP contribution in [0.25, 0.3) is 0 Å². The Balaban J connectivity index is 1.44. The number of benzene rings is 1. The predicted octanol–water partition coefficient (Wildman–Crippen LogP) is 2.38. The fraction of sp³-hybridized carbons (Fsp3) is 0.312. The van der Waals surface area contributed by atoms with Crippen LogP contribution >= 0.6 is 11.3 Å². The van der Waals surface area contributed by atoms with Gasteiger partial charge in [0.25, 0.3) is 5.91 Å². The van der Waals surface area contributed by atoms with Gasteiger partial charge in [-0.2, -0.15) is 5.48 Å². The highest BCUT2D eigenvalue weighted by Gasteiger charge is 2.25. The zero-order valence-corrected chi connectivity index (χ0v) is 12.4. The van der Waals surface area contributed by atoms with Crippen LogP contribution in [0.5, 0.6) is 0 Å². The minimum absolute atomic E-state index is 0.0277. The third-order valence-electron chi connectivity index (χ3n) is 3.51. The summed E-state index contributed by atoms with van der Waals surface area (Å²) in [5.41, 5.74) is 4.36. The van der Waals surface area contributed by atoms with Crippen molar-refractivity contribution in [1.29, 1.82) is 0 Å². The zero-order chi connectivity index (χ0) is 14.5. The number of carbonyl (C=O) groups is 1. The molecule has 0 bridgehead atoms. The third-order valence-corrected chi connectivity index (χ3v) is 4.38. The predicted molar refractivity (Wildman–Crippen MR) is 83.2 cm³/mol. The van der Waals surface area contributed by atoms with Crippen molar-refractivity contribution >= 4 is 17.2 Å². The summed E-state index contributed by atoms with van der Waals surface area (Å²) in [4.78, 5) is 18.1. The molecule has 1 saturated heterocycles. The topological polar surface area (TPSA) is 50.4 Å². The standard InChI is InChI=1S/C16H18N2O2S/c19-16(15-7-4-8-21-15)17-11-14-10-13(18-20-14)9-12-5-2-1-3-6-12/h1-8,13-14,18H,9-11H2,(H,17,19). The number of thiophene rings is 1. The maximum Gasteiger partial charge on any atom is 0.261 e. The number of carbonyl (C=O) groups excluding carboxylic acids is 1. The second kappa shape index (κ2) is 6.85. The van der Waals surface area contributed by atoms with E-state index in [-0.39, 0.29) is 12.0 Å². The molecular formula is C16H18N2O2S. The van der Waals surface area contributed by atoms with Gasteiger partial charge in [0.1, 0.15) is 0 Å². The smallest absolute Gasteiger partial charge is 0.261 e. The summed E-state index contributed by atoms with van der Waals surface area (Å²) in [6.07, 6.45) is 1.87. The van der Waals surface area contributed by atoms with Gasteiger partial charge in [0, 0.05) is 12.6 Å². The van der Waals surface area contributed by atoms with Crippen molar-refractivity contribution in [3.05, 3.63) is 58.3 Å². The first kappa shape index (κ1) is 14.3. The molecular weight excluding hydrogens is 284 g/mol. The maximum atomic E-state index is 11.9. The Bertz CT molecular complexity index is 571. The molecule has 4 nitrogen and oxygen atoms in total. The van der Waals surface area contributed by atoms with Crippen molar-refractivity contribution in [2.45, 2.75) is 25.0 Å². The van der Waals surface area contributed by atoms with E-state index < -0.39 is 0 Å². The van der Waals surface area contributed by atoms with Gasteiger partial charge in [0.15, 0.2) is 0 Å². The number of amides is 1. The van der Waals surface area contributed by atoms with E-state index in [9.17, 15) is 4.79 Å². The molecule has 0 aliphatic carbocycles. The van der Waals surface area contributed by atoms with E-state index in [0.717, 1.165) is 17.7 Å². The maximum absolute atomic E-state index is 11.9. The van der Waals surface area contributed by atoms with E-state index in [1.807, 2.05) is 35.7 Å². The van der Waals surface area contributed by atoms with Gasteiger partial charge < -0.3 is 5.32 Å². The van der Waals surface area contributed by atoms with Crippen LogP contribution in [0.1, 0.15) is 21.7 Å². The molecule has 2 N–H and O–H groups in total. The fourth-order valence-corrected chi connectivity index (χ4v) is 3.10. The molecule has 1 aliphatic heterocycles. The molecule has 21 heavy (non-hydrogen) atoms. The van der Waals surface area contributed by atoms with Gasteiger partial charge in [-0.1, -0.05) is 36.4 Å². The van der Waals surface area contributed by atoms with Crippen LogP contribution in [0, 0.1) is 0 Å². The second-order valence-electron chi connectivity index (χ2n) is 5.17. The molecule has 1 aromatic carbocycles. The summed E-state index contributed by atoms with van der Waals surface area (Å²) >= 11 is 1.45. The molecule has 110 valence electrons. The van der Waals surface area contributed by atoms with E-state index in [1.54, 1.807) is 0 Å². The normalized spacial score (nSPS) is 21.3. The minimum atomic E-state index is -0.0277. The molecule has 5 heteroatoms. The molecule has 3 rings (SSSR count). The Hall–Kier alpha value is -1.69. The lowest BCUT2D eigenvalue weighted by atomic mass is 10.0. The van der Waals surface area contributed by atoms with Gasteiger partial charge in [-0.25, -0.2) is 0 Å². The summed E-state index contributed by atoms with van der Waals surface area (Å²) in [7, 11) is 0. The lowest BCUT2D eigenvalue weighted by Crippen LogP contribution is -2.31. The molecule has 0 spiro atoms. The zero-order valence-electron chi connectivity index (χ0n) is 11.6. The van der Waals surface area contributed by atoms with E-state index in [2.05, 4.69) is 22.9 Å². The van der Waals surface area contributed by atoms with E-state index in [0.29, 0.717) is 12.6 Å². The van der Waals surface area contributed by atoms with Crippen molar-refractivity contribution in [3.63, 3.8) is 0 Å². The first-order valence-corrected chi connectivity index (χ1v) is 7.96. The summed E-state index contributed by atoms with van der Waals surface area (Å²) in [5.74, 6) is -0.0277.